The van der Waals surface area contributed by atoms with Gasteiger partial charge in [0.15, 0.2) is 0 Å². The van der Waals surface area contributed by atoms with E-state index in [-0.39, 0.29) is 11.6 Å². The summed E-state index contributed by atoms with van der Waals surface area (Å²) in [7, 11) is 0. The van der Waals surface area contributed by atoms with Crippen molar-refractivity contribution in [3.05, 3.63) is 46.4 Å². The fourth-order valence-electron chi connectivity index (χ4n) is 1.55. The van der Waals surface area contributed by atoms with Crippen LogP contribution in [-0.2, 0) is 0 Å². The highest BCUT2D eigenvalue weighted by molar-refractivity contribution is 7.25. The fourth-order valence-corrected chi connectivity index (χ4v) is 4.35. The van der Waals surface area contributed by atoms with Gasteiger partial charge in [0, 0.05) is 5.38 Å². The summed E-state index contributed by atoms with van der Waals surface area (Å²) < 4.78 is 40.1. The van der Waals surface area contributed by atoms with Crippen LogP contribution in [0.5, 0.6) is 0 Å². The first kappa shape index (κ1) is 12.0. The Morgan fingerprint density at radius 3 is 2.28 bits per heavy atom. The van der Waals surface area contributed by atoms with Crippen molar-refractivity contribution in [3.8, 4) is 19.5 Å². The summed E-state index contributed by atoms with van der Waals surface area (Å²) in [5, 5.41) is 2.94. The van der Waals surface area contributed by atoms with Gasteiger partial charge >= 0.3 is 0 Å². The van der Waals surface area contributed by atoms with Crippen molar-refractivity contribution in [3.63, 3.8) is 0 Å². The zero-order valence-electron chi connectivity index (χ0n) is 8.75. The lowest BCUT2D eigenvalue weighted by molar-refractivity contribution is 0.631. The van der Waals surface area contributed by atoms with Crippen LogP contribution >= 0.6 is 34.0 Å². The molecule has 18 heavy (non-hydrogen) atoms. The summed E-state index contributed by atoms with van der Waals surface area (Å²) >= 11 is 3.50. The minimum atomic E-state index is -0.440. The van der Waals surface area contributed by atoms with Gasteiger partial charge in [-0.2, -0.15) is 0 Å². The molecule has 0 spiro atoms. The second-order valence-corrected chi connectivity index (χ2v) is 6.39. The topological polar surface area (TPSA) is 0 Å². The smallest absolute Gasteiger partial charge is 0.143 e. The minimum Gasteiger partial charge on any atom is -0.206 e. The Bertz CT molecular complexity index is 693. The Morgan fingerprint density at radius 1 is 0.833 bits per heavy atom. The average molecular weight is 302 g/mol. The first-order valence-corrected chi connectivity index (χ1v) is 7.50. The summed E-state index contributed by atoms with van der Waals surface area (Å²) in [5.41, 5.74) is 0. The third-order valence-electron chi connectivity index (χ3n) is 2.32. The van der Waals surface area contributed by atoms with Crippen molar-refractivity contribution in [2.75, 3.05) is 0 Å². The number of thiophene rings is 3. The molecule has 0 N–H and O–H groups in total. The molecule has 0 bridgehead atoms. The second-order valence-electron chi connectivity index (χ2n) is 3.51. The standard InChI is InChI=1S/C12H5F3S3/c13-6-3-9(17-5-6)12-8(15)4-10(18-12)11-7(14)1-2-16-11/h1-5H. The van der Waals surface area contributed by atoms with Crippen molar-refractivity contribution >= 4 is 34.0 Å². The van der Waals surface area contributed by atoms with E-state index in [1.807, 2.05) is 0 Å². The molecule has 0 aromatic carbocycles. The van der Waals surface area contributed by atoms with Crippen molar-refractivity contribution in [2.24, 2.45) is 0 Å². The van der Waals surface area contributed by atoms with Gasteiger partial charge in [-0.3, -0.25) is 0 Å². The third-order valence-corrected chi connectivity index (χ3v) is 5.58. The highest BCUT2D eigenvalue weighted by atomic mass is 32.1. The van der Waals surface area contributed by atoms with E-state index >= 15 is 0 Å². The van der Waals surface area contributed by atoms with E-state index in [1.165, 1.54) is 34.9 Å². The van der Waals surface area contributed by atoms with E-state index in [9.17, 15) is 13.2 Å². The van der Waals surface area contributed by atoms with E-state index in [0.29, 0.717) is 19.5 Å². The molecule has 0 aliphatic rings. The molecule has 0 aliphatic heterocycles. The number of hydrogen-bond donors (Lipinski definition) is 0. The SMILES string of the molecule is Fc1csc(-c2sc(-c3sccc3F)cc2F)c1. The first-order valence-electron chi connectivity index (χ1n) is 4.92. The van der Waals surface area contributed by atoms with E-state index in [2.05, 4.69) is 0 Å². The fraction of sp³-hybridized carbons (Fsp3) is 0. The number of hydrogen-bond acceptors (Lipinski definition) is 3. The Morgan fingerprint density at radius 2 is 1.67 bits per heavy atom. The van der Waals surface area contributed by atoms with E-state index in [4.69, 9.17) is 0 Å². The molecule has 0 unspecified atom stereocenters. The van der Waals surface area contributed by atoms with Gasteiger partial charge in [0.1, 0.15) is 17.5 Å². The molecule has 0 amide bonds. The summed E-state index contributed by atoms with van der Waals surface area (Å²) in [4.78, 5) is 1.83. The Hall–Kier alpha value is -1.11. The highest BCUT2D eigenvalue weighted by Gasteiger charge is 2.16. The molecule has 3 rings (SSSR count). The highest BCUT2D eigenvalue weighted by Crippen LogP contribution is 2.41. The van der Waals surface area contributed by atoms with Crippen LogP contribution in [0.15, 0.2) is 29.0 Å². The minimum absolute atomic E-state index is 0.353. The lowest BCUT2D eigenvalue weighted by Gasteiger charge is -1.91. The number of rotatable bonds is 2. The molecule has 0 radical (unpaired) electrons. The largest absolute Gasteiger partial charge is 0.206 e. The van der Waals surface area contributed by atoms with Crippen LogP contribution < -0.4 is 0 Å². The second kappa shape index (κ2) is 4.53. The molecular weight excluding hydrogens is 297 g/mol. The molecule has 0 atom stereocenters. The quantitative estimate of drug-likeness (QED) is 0.576. The van der Waals surface area contributed by atoms with Gasteiger partial charge < -0.3 is 0 Å². The molecule has 0 aliphatic carbocycles. The lowest BCUT2D eigenvalue weighted by atomic mass is 10.3. The van der Waals surface area contributed by atoms with Crippen LogP contribution in [0.3, 0.4) is 0 Å². The molecule has 0 nitrogen and oxygen atoms in total. The molecular formula is C12H5F3S3. The number of halogens is 3. The monoisotopic (exact) mass is 302 g/mol. The van der Waals surface area contributed by atoms with Crippen LogP contribution in [0.4, 0.5) is 13.2 Å². The van der Waals surface area contributed by atoms with Crippen LogP contribution in [0.25, 0.3) is 19.5 Å². The Balaban J connectivity index is 2.09. The van der Waals surface area contributed by atoms with Crippen LogP contribution in [0.1, 0.15) is 0 Å². The van der Waals surface area contributed by atoms with Crippen LogP contribution in [0.2, 0.25) is 0 Å². The van der Waals surface area contributed by atoms with E-state index < -0.39 is 5.82 Å². The van der Waals surface area contributed by atoms with Gasteiger partial charge in [-0.1, -0.05) is 0 Å². The predicted octanol–water partition coefficient (Wildman–Crippen LogP) is 5.62. The van der Waals surface area contributed by atoms with Gasteiger partial charge in [0.25, 0.3) is 0 Å². The molecule has 0 fully saturated rings. The molecule has 6 heteroatoms. The van der Waals surface area contributed by atoms with Crippen LogP contribution in [0, 0.1) is 17.5 Å². The molecule has 3 heterocycles. The molecule has 92 valence electrons. The summed E-state index contributed by atoms with van der Waals surface area (Å²) in [6.07, 6.45) is 0. The van der Waals surface area contributed by atoms with Gasteiger partial charge in [0.2, 0.25) is 0 Å². The van der Waals surface area contributed by atoms with Crippen molar-refractivity contribution in [2.45, 2.75) is 0 Å². The Kier molecular flexibility index (Phi) is 3.01. The summed E-state index contributed by atoms with van der Waals surface area (Å²) in [6.45, 7) is 0. The van der Waals surface area contributed by atoms with Gasteiger partial charge in [0.05, 0.1) is 19.5 Å². The predicted molar refractivity (Wildman–Crippen MR) is 70.8 cm³/mol. The maximum Gasteiger partial charge on any atom is 0.143 e. The Labute approximate surface area is 113 Å². The molecule has 0 saturated heterocycles. The zero-order valence-corrected chi connectivity index (χ0v) is 11.2. The van der Waals surface area contributed by atoms with Crippen molar-refractivity contribution < 1.29 is 13.2 Å². The normalized spacial score (nSPS) is 11.1. The van der Waals surface area contributed by atoms with E-state index in [1.54, 1.807) is 5.38 Å². The summed E-state index contributed by atoms with van der Waals surface area (Å²) in [6, 6.07) is 3.93. The van der Waals surface area contributed by atoms with Gasteiger partial charge in [-0.25, -0.2) is 13.2 Å². The lowest BCUT2D eigenvalue weighted by Crippen LogP contribution is -1.69. The average Bonchev–Trinajstić information content (AvgIpc) is 2.99. The van der Waals surface area contributed by atoms with E-state index in [0.717, 1.165) is 22.7 Å². The first-order chi connectivity index (χ1) is 8.65. The molecule has 0 saturated carbocycles. The van der Waals surface area contributed by atoms with Crippen LogP contribution in [-0.4, -0.2) is 0 Å². The zero-order chi connectivity index (χ0) is 12.7. The molecule has 3 aromatic heterocycles. The van der Waals surface area contributed by atoms with Gasteiger partial charge in [-0.05, 0) is 23.6 Å². The van der Waals surface area contributed by atoms with Crippen molar-refractivity contribution in [1.82, 2.24) is 0 Å². The maximum absolute atomic E-state index is 13.8. The summed E-state index contributed by atoms with van der Waals surface area (Å²) in [5.74, 6) is -1.18. The molecule has 3 aromatic rings. The maximum atomic E-state index is 13.8. The van der Waals surface area contributed by atoms with Crippen molar-refractivity contribution in [1.29, 1.82) is 0 Å². The third kappa shape index (κ3) is 2.00. The van der Waals surface area contributed by atoms with Gasteiger partial charge in [-0.15, -0.1) is 34.0 Å².